The number of ketones is 1. The highest BCUT2D eigenvalue weighted by atomic mass is 16.1. The summed E-state index contributed by atoms with van der Waals surface area (Å²) in [5.74, 6) is 0.0450. The third-order valence-electron chi connectivity index (χ3n) is 2.57. The number of H-pyrrole nitrogens is 1. The number of pyridine rings is 1. The van der Waals surface area contributed by atoms with Gasteiger partial charge in [0.2, 0.25) is 0 Å². The monoisotopic (exact) mass is 215 g/mol. The molecule has 0 saturated heterocycles. The number of aromatic amines is 1. The minimum absolute atomic E-state index is 0.0336. The van der Waals surface area contributed by atoms with E-state index in [1.54, 1.807) is 6.07 Å². The van der Waals surface area contributed by atoms with Gasteiger partial charge in [-0.3, -0.25) is 9.59 Å². The first-order valence-electron chi connectivity index (χ1n) is 5.19. The number of rotatable bonds is 2. The van der Waals surface area contributed by atoms with Crippen molar-refractivity contribution in [2.24, 2.45) is 0 Å². The first kappa shape index (κ1) is 10.6. The smallest absolute Gasteiger partial charge is 0.189 e. The summed E-state index contributed by atoms with van der Waals surface area (Å²) >= 11 is 0. The average molecular weight is 215 g/mol. The fourth-order valence-corrected chi connectivity index (χ4v) is 1.84. The van der Waals surface area contributed by atoms with Crippen LogP contribution in [0, 0.1) is 6.92 Å². The molecule has 0 spiro atoms. The third kappa shape index (κ3) is 1.89. The molecule has 1 aromatic carbocycles. The van der Waals surface area contributed by atoms with Crippen molar-refractivity contribution in [3.05, 3.63) is 45.7 Å². The summed E-state index contributed by atoms with van der Waals surface area (Å²) in [5.41, 5.74) is 2.49. The van der Waals surface area contributed by atoms with Crippen molar-refractivity contribution in [1.29, 1.82) is 0 Å². The van der Waals surface area contributed by atoms with E-state index in [0.717, 1.165) is 11.1 Å². The predicted molar refractivity (Wildman–Crippen MR) is 63.7 cm³/mol. The number of nitrogens with one attached hydrogen (secondary N) is 1. The second kappa shape index (κ2) is 3.93. The highest BCUT2D eigenvalue weighted by Crippen LogP contribution is 2.13. The summed E-state index contributed by atoms with van der Waals surface area (Å²) in [5, 5.41) is 0.673. The van der Waals surface area contributed by atoms with Gasteiger partial charge in [-0.1, -0.05) is 12.1 Å². The summed E-state index contributed by atoms with van der Waals surface area (Å²) in [6.45, 7) is 3.45. The zero-order valence-electron chi connectivity index (χ0n) is 9.33. The Kier molecular flexibility index (Phi) is 2.60. The van der Waals surface area contributed by atoms with Gasteiger partial charge in [-0.25, -0.2) is 0 Å². The summed E-state index contributed by atoms with van der Waals surface area (Å²) in [6, 6.07) is 7.09. The average Bonchev–Trinajstić information content (AvgIpc) is 2.19. The standard InChI is InChI=1S/C13H13NO2/c1-8-4-3-5-11-12(16)7-10(6-9(2)15)14-13(8)11/h3-5,7H,6H2,1-2H3,(H,14,16). The van der Waals surface area contributed by atoms with Crippen LogP contribution in [0.4, 0.5) is 0 Å². The zero-order chi connectivity index (χ0) is 11.7. The van der Waals surface area contributed by atoms with Crippen molar-refractivity contribution < 1.29 is 4.79 Å². The molecule has 0 radical (unpaired) electrons. The number of para-hydroxylation sites is 1. The molecule has 1 heterocycles. The number of aryl methyl sites for hydroxylation is 1. The molecule has 16 heavy (non-hydrogen) atoms. The lowest BCUT2D eigenvalue weighted by Crippen LogP contribution is -2.08. The molecular weight excluding hydrogens is 202 g/mol. The van der Waals surface area contributed by atoms with Gasteiger partial charge in [0.15, 0.2) is 5.43 Å². The number of fused-ring (bicyclic) bond motifs is 1. The maximum Gasteiger partial charge on any atom is 0.189 e. The highest BCUT2D eigenvalue weighted by Gasteiger charge is 2.05. The van der Waals surface area contributed by atoms with Crippen LogP contribution in [0.5, 0.6) is 0 Å². The fraction of sp³-hybridized carbons (Fsp3) is 0.231. The summed E-state index contributed by atoms with van der Waals surface area (Å²) < 4.78 is 0. The van der Waals surface area contributed by atoms with Crippen LogP contribution in [0.2, 0.25) is 0 Å². The first-order chi connectivity index (χ1) is 7.58. The number of carbonyl (C=O) groups is 1. The van der Waals surface area contributed by atoms with E-state index in [4.69, 9.17) is 0 Å². The van der Waals surface area contributed by atoms with Gasteiger partial charge in [-0.2, -0.15) is 0 Å². The maximum atomic E-state index is 11.8. The summed E-state index contributed by atoms with van der Waals surface area (Å²) in [7, 11) is 0. The molecule has 82 valence electrons. The lowest BCUT2D eigenvalue weighted by Gasteiger charge is -2.04. The second-order valence-electron chi connectivity index (χ2n) is 4.04. The molecule has 3 heteroatoms. The molecule has 0 amide bonds. The lowest BCUT2D eigenvalue weighted by molar-refractivity contribution is -0.116. The van der Waals surface area contributed by atoms with Crippen molar-refractivity contribution in [2.45, 2.75) is 20.3 Å². The number of hydrogen-bond acceptors (Lipinski definition) is 2. The quantitative estimate of drug-likeness (QED) is 0.832. The van der Waals surface area contributed by atoms with Gasteiger partial charge in [0.1, 0.15) is 5.78 Å². The van der Waals surface area contributed by atoms with Crippen LogP contribution in [0.25, 0.3) is 10.9 Å². The Morgan fingerprint density at radius 3 is 2.81 bits per heavy atom. The molecular formula is C13H13NO2. The number of aromatic nitrogens is 1. The van der Waals surface area contributed by atoms with Gasteiger partial charge in [0.25, 0.3) is 0 Å². The molecule has 2 aromatic rings. The van der Waals surface area contributed by atoms with Gasteiger partial charge in [-0.05, 0) is 25.5 Å². The number of hydrogen-bond donors (Lipinski definition) is 1. The van der Waals surface area contributed by atoms with E-state index in [1.165, 1.54) is 13.0 Å². The molecule has 0 aliphatic heterocycles. The molecule has 0 fully saturated rings. The molecule has 0 aliphatic rings. The van der Waals surface area contributed by atoms with Crippen molar-refractivity contribution in [1.82, 2.24) is 4.98 Å². The third-order valence-corrected chi connectivity index (χ3v) is 2.57. The second-order valence-corrected chi connectivity index (χ2v) is 4.04. The van der Waals surface area contributed by atoms with Crippen LogP contribution in [0.1, 0.15) is 18.2 Å². The highest BCUT2D eigenvalue weighted by molar-refractivity contribution is 5.83. The van der Waals surface area contributed by atoms with Gasteiger partial charge >= 0.3 is 0 Å². The van der Waals surface area contributed by atoms with Crippen LogP contribution in [-0.2, 0) is 11.2 Å². The van der Waals surface area contributed by atoms with E-state index in [9.17, 15) is 9.59 Å². The van der Waals surface area contributed by atoms with Gasteiger partial charge < -0.3 is 4.98 Å². The molecule has 3 nitrogen and oxygen atoms in total. The van der Waals surface area contributed by atoms with Crippen molar-refractivity contribution in [3.63, 3.8) is 0 Å². The fourth-order valence-electron chi connectivity index (χ4n) is 1.84. The molecule has 1 aromatic heterocycles. The van der Waals surface area contributed by atoms with E-state index < -0.39 is 0 Å². The normalized spacial score (nSPS) is 10.6. The number of benzene rings is 1. The molecule has 0 atom stereocenters. The summed E-state index contributed by atoms with van der Waals surface area (Å²) in [6.07, 6.45) is 0.277. The molecule has 0 aliphatic carbocycles. The molecule has 0 bridgehead atoms. The SMILES string of the molecule is CC(=O)Cc1cc(=O)c2cccc(C)c2[nH]1. The molecule has 2 rings (SSSR count). The zero-order valence-corrected chi connectivity index (χ0v) is 9.33. The van der Waals surface area contributed by atoms with Gasteiger partial charge in [0.05, 0.1) is 5.52 Å². The Bertz CT molecular complexity index is 611. The van der Waals surface area contributed by atoms with Crippen LogP contribution in [0.15, 0.2) is 29.1 Å². The minimum atomic E-state index is -0.0336. The number of carbonyl (C=O) groups excluding carboxylic acids is 1. The van der Waals surface area contributed by atoms with E-state index in [-0.39, 0.29) is 17.6 Å². The van der Waals surface area contributed by atoms with Gasteiger partial charge in [0, 0.05) is 23.6 Å². The Hall–Kier alpha value is -1.90. The first-order valence-corrected chi connectivity index (χ1v) is 5.19. The topological polar surface area (TPSA) is 49.9 Å². The van der Waals surface area contributed by atoms with Gasteiger partial charge in [-0.15, -0.1) is 0 Å². The molecule has 0 unspecified atom stereocenters. The van der Waals surface area contributed by atoms with E-state index in [0.29, 0.717) is 11.1 Å². The Morgan fingerprint density at radius 1 is 1.38 bits per heavy atom. The largest absolute Gasteiger partial charge is 0.358 e. The van der Waals surface area contributed by atoms with Crippen molar-refractivity contribution in [3.8, 4) is 0 Å². The van der Waals surface area contributed by atoms with Crippen LogP contribution < -0.4 is 5.43 Å². The van der Waals surface area contributed by atoms with E-state index in [1.807, 2.05) is 19.1 Å². The lowest BCUT2D eigenvalue weighted by atomic mass is 10.1. The molecule has 0 saturated carbocycles. The predicted octanol–water partition coefficient (Wildman–Crippen LogP) is 1.97. The Morgan fingerprint density at radius 2 is 2.12 bits per heavy atom. The van der Waals surface area contributed by atoms with Crippen molar-refractivity contribution >= 4 is 16.7 Å². The minimum Gasteiger partial charge on any atom is -0.358 e. The van der Waals surface area contributed by atoms with Crippen LogP contribution in [-0.4, -0.2) is 10.8 Å². The Labute approximate surface area is 93.1 Å². The Balaban J connectivity index is 2.70. The maximum absolute atomic E-state index is 11.8. The van der Waals surface area contributed by atoms with Crippen LogP contribution in [0.3, 0.4) is 0 Å². The summed E-state index contributed by atoms with van der Waals surface area (Å²) in [4.78, 5) is 26.0. The van der Waals surface area contributed by atoms with Crippen LogP contribution >= 0.6 is 0 Å². The number of Topliss-reactive ketones (excluding diaryl/α,β-unsaturated/α-hetero) is 1. The van der Waals surface area contributed by atoms with E-state index >= 15 is 0 Å². The van der Waals surface area contributed by atoms with E-state index in [2.05, 4.69) is 4.98 Å². The van der Waals surface area contributed by atoms with Crippen molar-refractivity contribution in [2.75, 3.05) is 0 Å². The molecule has 1 N–H and O–H groups in total.